The summed E-state index contributed by atoms with van der Waals surface area (Å²) in [6.45, 7) is 4.18. The molecule has 33 heavy (non-hydrogen) atoms. The van der Waals surface area contributed by atoms with Gasteiger partial charge >= 0.3 is 0 Å². The van der Waals surface area contributed by atoms with Crippen molar-refractivity contribution in [2.75, 3.05) is 19.5 Å². The van der Waals surface area contributed by atoms with Gasteiger partial charge in [0.2, 0.25) is 5.88 Å². The fourth-order valence-corrected chi connectivity index (χ4v) is 4.16. The first-order valence-electron chi connectivity index (χ1n) is 11.0. The van der Waals surface area contributed by atoms with Gasteiger partial charge in [0.15, 0.2) is 5.65 Å². The molecule has 4 aromatic heterocycles. The number of anilines is 1. The monoisotopic (exact) mass is 449 g/mol. The van der Waals surface area contributed by atoms with Crippen molar-refractivity contribution in [3.05, 3.63) is 36.2 Å². The fraction of sp³-hybridized carbons (Fsp3) is 0.391. The Morgan fingerprint density at radius 1 is 1.24 bits per heavy atom. The SMILES string of the molecule is CNc1cc(-c2cn(C(C)C)c3nc(OC)ccc23)nc2c(C(=O)NC3CCC3O)cnn12. The van der Waals surface area contributed by atoms with Crippen LogP contribution in [0.4, 0.5) is 5.82 Å². The van der Waals surface area contributed by atoms with E-state index in [0.717, 1.165) is 23.0 Å². The highest BCUT2D eigenvalue weighted by molar-refractivity contribution is 6.01. The zero-order valence-corrected chi connectivity index (χ0v) is 19.0. The Labute approximate surface area is 190 Å². The lowest BCUT2D eigenvalue weighted by Gasteiger charge is -2.32. The number of hydrogen-bond acceptors (Lipinski definition) is 7. The second-order valence-corrected chi connectivity index (χ2v) is 8.56. The highest BCUT2D eigenvalue weighted by atomic mass is 16.5. The van der Waals surface area contributed by atoms with E-state index in [-0.39, 0.29) is 18.0 Å². The Hall–Kier alpha value is -3.66. The van der Waals surface area contributed by atoms with Crippen LogP contribution in [-0.4, -0.2) is 61.5 Å². The predicted molar refractivity (Wildman–Crippen MR) is 125 cm³/mol. The van der Waals surface area contributed by atoms with Gasteiger partial charge in [-0.25, -0.2) is 4.98 Å². The molecule has 4 heterocycles. The van der Waals surface area contributed by atoms with Gasteiger partial charge in [-0.2, -0.15) is 14.6 Å². The van der Waals surface area contributed by atoms with Crippen molar-refractivity contribution >= 4 is 28.4 Å². The lowest BCUT2D eigenvalue weighted by Crippen LogP contribution is -2.50. The van der Waals surface area contributed by atoms with Crippen LogP contribution in [0, 0.1) is 0 Å². The number of fused-ring (bicyclic) bond motifs is 2. The molecule has 0 radical (unpaired) electrons. The highest BCUT2D eigenvalue weighted by Crippen LogP contribution is 2.33. The van der Waals surface area contributed by atoms with Crippen LogP contribution < -0.4 is 15.4 Å². The summed E-state index contributed by atoms with van der Waals surface area (Å²) in [6, 6.07) is 5.65. The lowest BCUT2D eigenvalue weighted by atomic mass is 9.89. The zero-order chi connectivity index (χ0) is 23.3. The summed E-state index contributed by atoms with van der Waals surface area (Å²) in [6.07, 6.45) is 4.50. The van der Waals surface area contributed by atoms with Gasteiger partial charge in [0.1, 0.15) is 17.0 Å². The van der Waals surface area contributed by atoms with E-state index in [4.69, 9.17) is 9.72 Å². The number of aliphatic hydroxyl groups is 1. The number of methoxy groups -OCH3 is 1. The Morgan fingerprint density at radius 2 is 2.06 bits per heavy atom. The van der Waals surface area contributed by atoms with Crippen molar-refractivity contribution in [3.8, 4) is 17.1 Å². The van der Waals surface area contributed by atoms with E-state index in [2.05, 4.69) is 39.1 Å². The molecule has 1 aliphatic carbocycles. The van der Waals surface area contributed by atoms with Gasteiger partial charge in [-0.05, 0) is 32.8 Å². The quantitative estimate of drug-likeness (QED) is 0.414. The molecule has 172 valence electrons. The number of ether oxygens (including phenoxy) is 1. The minimum Gasteiger partial charge on any atom is -0.481 e. The van der Waals surface area contributed by atoms with Crippen molar-refractivity contribution < 1.29 is 14.6 Å². The molecule has 2 atom stereocenters. The molecule has 0 bridgehead atoms. The number of carbonyl (C=O) groups excluding carboxylic acids is 1. The summed E-state index contributed by atoms with van der Waals surface area (Å²) in [5.74, 6) is 0.947. The van der Waals surface area contributed by atoms with Crippen LogP contribution >= 0.6 is 0 Å². The summed E-state index contributed by atoms with van der Waals surface area (Å²) in [4.78, 5) is 22.4. The normalized spacial score (nSPS) is 18.0. The molecule has 2 unspecified atom stereocenters. The summed E-state index contributed by atoms with van der Waals surface area (Å²) in [5.41, 5.74) is 3.20. The van der Waals surface area contributed by atoms with Gasteiger partial charge in [-0.1, -0.05) is 0 Å². The molecule has 0 saturated heterocycles. The molecule has 4 aromatic rings. The van der Waals surface area contributed by atoms with Gasteiger partial charge in [-0.15, -0.1) is 0 Å². The maximum Gasteiger partial charge on any atom is 0.257 e. The van der Waals surface area contributed by atoms with Gasteiger partial charge in [-0.3, -0.25) is 4.79 Å². The number of carbonyl (C=O) groups is 1. The molecule has 0 aromatic carbocycles. The summed E-state index contributed by atoms with van der Waals surface area (Å²) in [7, 11) is 3.40. The Balaban J connectivity index is 1.66. The second-order valence-electron chi connectivity index (χ2n) is 8.56. The molecule has 1 fully saturated rings. The zero-order valence-electron chi connectivity index (χ0n) is 19.0. The first kappa shape index (κ1) is 21.2. The van der Waals surface area contributed by atoms with E-state index < -0.39 is 6.10 Å². The standard InChI is InChI=1S/C23H27N7O3/c1-12(2)29-11-15(13-5-8-20(33-4)28-21(13)29)17-9-19(24-3)30-22(26-17)14(10-25-30)23(32)27-16-6-7-18(16)31/h5,8-12,16,18,24,31H,6-7H2,1-4H3,(H,27,32). The van der Waals surface area contributed by atoms with Gasteiger partial charge in [0, 0.05) is 42.4 Å². The van der Waals surface area contributed by atoms with E-state index in [9.17, 15) is 9.90 Å². The third kappa shape index (κ3) is 3.46. The largest absolute Gasteiger partial charge is 0.481 e. The molecule has 1 aliphatic rings. The van der Waals surface area contributed by atoms with Crippen LogP contribution in [0.15, 0.2) is 30.6 Å². The van der Waals surface area contributed by atoms with Crippen molar-refractivity contribution in [3.63, 3.8) is 0 Å². The van der Waals surface area contributed by atoms with E-state index in [1.165, 1.54) is 6.20 Å². The summed E-state index contributed by atoms with van der Waals surface area (Å²) >= 11 is 0. The summed E-state index contributed by atoms with van der Waals surface area (Å²) < 4.78 is 9.02. The average molecular weight is 450 g/mol. The Bertz CT molecular complexity index is 1360. The maximum atomic E-state index is 12.9. The molecule has 3 N–H and O–H groups in total. The van der Waals surface area contributed by atoms with Crippen LogP contribution in [-0.2, 0) is 0 Å². The lowest BCUT2D eigenvalue weighted by molar-refractivity contribution is 0.0448. The number of aliphatic hydroxyl groups excluding tert-OH is 1. The van der Waals surface area contributed by atoms with E-state index in [0.29, 0.717) is 35.0 Å². The maximum absolute atomic E-state index is 12.9. The van der Waals surface area contributed by atoms with Crippen molar-refractivity contribution in [2.24, 2.45) is 0 Å². The number of amides is 1. The number of pyridine rings is 1. The van der Waals surface area contributed by atoms with Crippen molar-refractivity contribution in [2.45, 2.75) is 44.9 Å². The van der Waals surface area contributed by atoms with E-state index >= 15 is 0 Å². The molecule has 5 rings (SSSR count). The van der Waals surface area contributed by atoms with Crippen LogP contribution in [0.5, 0.6) is 5.88 Å². The van der Waals surface area contributed by atoms with Gasteiger partial charge in [0.05, 0.1) is 31.1 Å². The topological polar surface area (TPSA) is 119 Å². The predicted octanol–water partition coefficient (Wildman–Crippen LogP) is 2.63. The van der Waals surface area contributed by atoms with Crippen LogP contribution in [0.2, 0.25) is 0 Å². The van der Waals surface area contributed by atoms with Crippen LogP contribution in [0.1, 0.15) is 43.1 Å². The summed E-state index contributed by atoms with van der Waals surface area (Å²) in [5, 5.41) is 21.2. The van der Waals surface area contributed by atoms with Crippen LogP contribution in [0.3, 0.4) is 0 Å². The Kier molecular flexibility index (Phi) is 5.16. The smallest absolute Gasteiger partial charge is 0.257 e. The number of nitrogens with one attached hydrogen (secondary N) is 2. The molecule has 10 heteroatoms. The number of hydrogen-bond donors (Lipinski definition) is 3. The van der Waals surface area contributed by atoms with E-state index in [1.54, 1.807) is 18.7 Å². The van der Waals surface area contributed by atoms with E-state index in [1.807, 2.05) is 24.4 Å². The third-order valence-corrected chi connectivity index (χ3v) is 6.22. The molecule has 1 saturated carbocycles. The minimum atomic E-state index is -0.501. The molecule has 1 amide bonds. The fourth-order valence-electron chi connectivity index (χ4n) is 4.16. The third-order valence-electron chi connectivity index (χ3n) is 6.22. The molecule has 10 nitrogen and oxygen atoms in total. The minimum absolute atomic E-state index is 0.179. The molecular formula is C23H27N7O3. The van der Waals surface area contributed by atoms with Crippen molar-refractivity contribution in [1.82, 2.24) is 29.5 Å². The number of aromatic nitrogens is 5. The van der Waals surface area contributed by atoms with Crippen molar-refractivity contribution in [1.29, 1.82) is 0 Å². The molecule has 0 spiro atoms. The Morgan fingerprint density at radius 3 is 2.70 bits per heavy atom. The van der Waals surface area contributed by atoms with Gasteiger partial charge in [0.25, 0.3) is 5.91 Å². The second kappa shape index (κ2) is 8.04. The number of rotatable bonds is 6. The molecule has 0 aliphatic heterocycles. The highest BCUT2D eigenvalue weighted by Gasteiger charge is 2.31. The van der Waals surface area contributed by atoms with Crippen LogP contribution in [0.25, 0.3) is 27.9 Å². The number of nitrogens with zero attached hydrogens (tertiary/aromatic N) is 5. The molecular weight excluding hydrogens is 422 g/mol. The average Bonchev–Trinajstić information content (AvgIpc) is 3.42. The first-order valence-corrected chi connectivity index (χ1v) is 11.0. The first-order chi connectivity index (χ1) is 15.9. The van der Waals surface area contributed by atoms with Gasteiger partial charge < -0.3 is 25.0 Å².